The smallest absolute Gasteiger partial charge is 0.311 e. The first-order chi connectivity index (χ1) is 9.29. The molecule has 1 aliphatic carbocycles. The standard InChI is InChI=1S/C17H24O2/c1-2-14(15-9-5-3-6-10-15)13-17(18)19-16-11-7-4-8-12-16/h4,7-8,11-12,14-15H,2-3,5-6,9-10,13H2,1H3/t14-/m0/s1. The number of hydrogen-bond acceptors (Lipinski definition) is 2. The van der Waals surface area contributed by atoms with Crippen molar-refractivity contribution in [2.24, 2.45) is 11.8 Å². The Morgan fingerprint density at radius 1 is 1.21 bits per heavy atom. The van der Waals surface area contributed by atoms with Gasteiger partial charge >= 0.3 is 5.97 Å². The van der Waals surface area contributed by atoms with E-state index in [0.717, 1.165) is 12.3 Å². The minimum Gasteiger partial charge on any atom is -0.427 e. The van der Waals surface area contributed by atoms with Gasteiger partial charge in [0.05, 0.1) is 0 Å². The molecule has 0 spiro atoms. The summed E-state index contributed by atoms with van der Waals surface area (Å²) in [5.41, 5.74) is 0. The number of benzene rings is 1. The van der Waals surface area contributed by atoms with Gasteiger partial charge in [-0.25, -0.2) is 0 Å². The van der Waals surface area contributed by atoms with E-state index in [1.165, 1.54) is 32.1 Å². The molecule has 0 heterocycles. The lowest BCUT2D eigenvalue weighted by Crippen LogP contribution is -2.22. The third-order valence-corrected chi connectivity index (χ3v) is 4.24. The molecule has 1 aromatic rings. The lowest BCUT2D eigenvalue weighted by molar-refractivity contribution is -0.136. The highest BCUT2D eigenvalue weighted by Gasteiger charge is 2.25. The molecule has 104 valence electrons. The Balaban J connectivity index is 1.85. The van der Waals surface area contributed by atoms with Crippen molar-refractivity contribution in [1.29, 1.82) is 0 Å². The monoisotopic (exact) mass is 260 g/mol. The highest BCUT2D eigenvalue weighted by Crippen LogP contribution is 2.33. The van der Waals surface area contributed by atoms with Crippen LogP contribution >= 0.6 is 0 Å². The van der Waals surface area contributed by atoms with Crippen LogP contribution in [0.1, 0.15) is 51.9 Å². The minimum absolute atomic E-state index is 0.0800. The molecule has 1 atom stereocenters. The molecule has 0 aromatic heterocycles. The van der Waals surface area contributed by atoms with E-state index < -0.39 is 0 Å². The van der Waals surface area contributed by atoms with Crippen LogP contribution in [0.15, 0.2) is 30.3 Å². The van der Waals surface area contributed by atoms with Crippen LogP contribution in [-0.4, -0.2) is 5.97 Å². The summed E-state index contributed by atoms with van der Waals surface area (Å²) in [6.07, 6.45) is 8.24. The summed E-state index contributed by atoms with van der Waals surface area (Å²) in [4.78, 5) is 12.0. The molecule has 0 radical (unpaired) electrons. The summed E-state index contributed by atoms with van der Waals surface area (Å²) in [7, 11) is 0. The molecule has 2 rings (SSSR count). The Bertz CT molecular complexity index is 380. The van der Waals surface area contributed by atoms with Crippen molar-refractivity contribution < 1.29 is 9.53 Å². The van der Waals surface area contributed by atoms with E-state index >= 15 is 0 Å². The van der Waals surface area contributed by atoms with Crippen molar-refractivity contribution in [3.8, 4) is 5.75 Å². The second kappa shape index (κ2) is 7.32. The summed E-state index contributed by atoms with van der Waals surface area (Å²) < 4.78 is 5.40. The van der Waals surface area contributed by atoms with Crippen molar-refractivity contribution >= 4 is 5.97 Å². The van der Waals surface area contributed by atoms with Gasteiger partial charge in [-0.15, -0.1) is 0 Å². The average molecular weight is 260 g/mol. The second-order valence-electron chi connectivity index (χ2n) is 5.56. The van der Waals surface area contributed by atoms with Gasteiger partial charge in [-0.2, -0.15) is 0 Å². The predicted octanol–water partition coefficient (Wildman–Crippen LogP) is 4.59. The Hall–Kier alpha value is -1.31. The topological polar surface area (TPSA) is 26.3 Å². The quantitative estimate of drug-likeness (QED) is 0.572. The van der Waals surface area contributed by atoms with Crippen LogP contribution in [-0.2, 0) is 4.79 Å². The van der Waals surface area contributed by atoms with Crippen LogP contribution in [0.25, 0.3) is 0 Å². The molecule has 19 heavy (non-hydrogen) atoms. The number of ether oxygens (including phenoxy) is 1. The van der Waals surface area contributed by atoms with E-state index in [9.17, 15) is 4.79 Å². The Kier molecular flexibility index (Phi) is 5.44. The Labute approximate surface area is 116 Å². The van der Waals surface area contributed by atoms with Crippen molar-refractivity contribution in [3.05, 3.63) is 30.3 Å². The third kappa shape index (κ3) is 4.38. The molecular weight excluding hydrogens is 236 g/mol. The molecule has 1 aromatic carbocycles. The van der Waals surface area contributed by atoms with Gasteiger partial charge in [0.1, 0.15) is 5.75 Å². The summed E-state index contributed by atoms with van der Waals surface area (Å²) in [6.45, 7) is 2.19. The van der Waals surface area contributed by atoms with Gasteiger partial charge in [-0.3, -0.25) is 4.79 Å². The SMILES string of the molecule is CC[C@@H](CC(=O)Oc1ccccc1)C1CCCCC1. The lowest BCUT2D eigenvalue weighted by Gasteiger charge is -2.28. The zero-order valence-corrected chi connectivity index (χ0v) is 11.8. The summed E-state index contributed by atoms with van der Waals surface area (Å²) in [5.74, 6) is 1.80. The van der Waals surface area contributed by atoms with Gasteiger partial charge in [-0.05, 0) is 24.0 Å². The predicted molar refractivity (Wildman–Crippen MR) is 77.1 cm³/mol. The van der Waals surface area contributed by atoms with Crippen LogP contribution in [0.3, 0.4) is 0 Å². The van der Waals surface area contributed by atoms with Gasteiger partial charge in [0.2, 0.25) is 0 Å². The molecular formula is C17H24O2. The fourth-order valence-electron chi connectivity index (χ4n) is 3.13. The maximum atomic E-state index is 12.0. The maximum Gasteiger partial charge on any atom is 0.311 e. The minimum atomic E-state index is -0.0800. The first-order valence-corrected chi connectivity index (χ1v) is 7.55. The lowest BCUT2D eigenvalue weighted by atomic mass is 9.77. The number of para-hydroxylation sites is 1. The van der Waals surface area contributed by atoms with Crippen LogP contribution < -0.4 is 4.74 Å². The van der Waals surface area contributed by atoms with E-state index in [2.05, 4.69) is 6.92 Å². The van der Waals surface area contributed by atoms with Crippen molar-refractivity contribution in [2.45, 2.75) is 51.9 Å². The average Bonchev–Trinajstić information content (AvgIpc) is 2.47. The molecule has 0 aliphatic heterocycles. The number of carbonyl (C=O) groups is 1. The van der Waals surface area contributed by atoms with Gasteiger partial charge < -0.3 is 4.74 Å². The van der Waals surface area contributed by atoms with Gasteiger partial charge in [0.25, 0.3) is 0 Å². The van der Waals surface area contributed by atoms with Gasteiger partial charge in [-0.1, -0.05) is 63.6 Å². The highest BCUT2D eigenvalue weighted by atomic mass is 16.5. The highest BCUT2D eigenvalue weighted by molar-refractivity contribution is 5.72. The molecule has 0 unspecified atom stereocenters. The Morgan fingerprint density at radius 3 is 2.53 bits per heavy atom. The van der Waals surface area contributed by atoms with E-state index in [1.54, 1.807) is 0 Å². The van der Waals surface area contributed by atoms with Crippen LogP contribution in [0.4, 0.5) is 0 Å². The molecule has 2 heteroatoms. The second-order valence-corrected chi connectivity index (χ2v) is 5.56. The van der Waals surface area contributed by atoms with Gasteiger partial charge in [0, 0.05) is 6.42 Å². The number of esters is 1. The van der Waals surface area contributed by atoms with E-state index in [4.69, 9.17) is 4.74 Å². The van der Waals surface area contributed by atoms with E-state index in [-0.39, 0.29) is 5.97 Å². The van der Waals surface area contributed by atoms with E-state index in [0.29, 0.717) is 18.1 Å². The fourth-order valence-corrected chi connectivity index (χ4v) is 3.13. The van der Waals surface area contributed by atoms with Crippen molar-refractivity contribution in [1.82, 2.24) is 0 Å². The largest absolute Gasteiger partial charge is 0.427 e. The third-order valence-electron chi connectivity index (χ3n) is 4.24. The molecule has 1 fully saturated rings. The maximum absolute atomic E-state index is 12.0. The van der Waals surface area contributed by atoms with Crippen molar-refractivity contribution in [3.63, 3.8) is 0 Å². The normalized spacial score (nSPS) is 17.9. The number of hydrogen-bond donors (Lipinski definition) is 0. The zero-order chi connectivity index (χ0) is 13.5. The Morgan fingerprint density at radius 2 is 1.89 bits per heavy atom. The van der Waals surface area contributed by atoms with Crippen molar-refractivity contribution in [2.75, 3.05) is 0 Å². The number of rotatable bonds is 5. The molecule has 1 aliphatic rings. The molecule has 1 saturated carbocycles. The summed E-state index contributed by atoms with van der Waals surface area (Å²) in [5, 5.41) is 0. The molecule has 2 nitrogen and oxygen atoms in total. The van der Waals surface area contributed by atoms with Gasteiger partial charge in [0.15, 0.2) is 0 Å². The fraction of sp³-hybridized carbons (Fsp3) is 0.588. The molecule has 0 saturated heterocycles. The van der Waals surface area contributed by atoms with Crippen LogP contribution in [0.5, 0.6) is 5.75 Å². The molecule has 0 bridgehead atoms. The molecule has 0 amide bonds. The summed E-state index contributed by atoms with van der Waals surface area (Å²) >= 11 is 0. The number of carbonyl (C=O) groups excluding carboxylic acids is 1. The van der Waals surface area contributed by atoms with Crippen LogP contribution in [0, 0.1) is 11.8 Å². The zero-order valence-electron chi connectivity index (χ0n) is 11.8. The first kappa shape index (κ1) is 14.1. The summed E-state index contributed by atoms with van der Waals surface area (Å²) in [6, 6.07) is 9.37. The first-order valence-electron chi connectivity index (χ1n) is 7.55. The van der Waals surface area contributed by atoms with E-state index in [1.807, 2.05) is 30.3 Å². The van der Waals surface area contributed by atoms with Crippen LogP contribution in [0.2, 0.25) is 0 Å². The molecule has 0 N–H and O–H groups in total.